The van der Waals surface area contributed by atoms with E-state index in [9.17, 15) is 5.11 Å². The maximum Gasteiger partial charge on any atom is 0.195 e. The third kappa shape index (κ3) is 3.79. The summed E-state index contributed by atoms with van der Waals surface area (Å²) >= 11 is 0. The van der Waals surface area contributed by atoms with Crippen LogP contribution in [0, 0.1) is 6.92 Å². The lowest BCUT2D eigenvalue weighted by atomic mass is 10.1. The van der Waals surface area contributed by atoms with Crippen molar-refractivity contribution >= 4 is 23.2 Å². The lowest BCUT2D eigenvalue weighted by Crippen LogP contribution is -2.29. The summed E-state index contributed by atoms with van der Waals surface area (Å²) < 4.78 is 7.53. The molecule has 0 fully saturated rings. The molecule has 28 heavy (non-hydrogen) atoms. The summed E-state index contributed by atoms with van der Waals surface area (Å²) in [5.41, 5.74) is 9.48. The Bertz CT molecular complexity index is 931. The molecule has 0 radical (unpaired) electrons. The number of aryl methyl sites for hydroxylation is 2. The fourth-order valence-electron chi connectivity index (χ4n) is 2.94. The van der Waals surface area contributed by atoms with E-state index < -0.39 is 6.23 Å². The summed E-state index contributed by atoms with van der Waals surface area (Å²) in [4.78, 5) is 10.6. The van der Waals surface area contributed by atoms with Gasteiger partial charge in [-0.3, -0.25) is 4.68 Å². The smallest absolute Gasteiger partial charge is 0.195 e. The molecule has 0 bridgehead atoms. The fourth-order valence-corrected chi connectivity index (χ4v) is 2.94. The standard InChI is InChI=1S/C19H27N7O2/c1-6-9-28-14-8-7-12(21-19(20)25(3)4)10-13(14)17-22-15-11(2)24-26(5)16(15)18(27)23-17/h7-8,10,18,27H,6,9H2,1-5H3,(H2,20,21)(H,22,23). The summed E-state index contributed by atoms with van der Waals surface area (Å²) in [5, 5.41) is 18.2. The average molecular weight is 385 g/mol. The largest absolute Gasteiger partial charge is 0.493 e. The Labute approximate surface area is 164 Å². The van der Waals surface area contributed by atoms with Crippen molar-refractivity contribution in [3.63, 3.8) is 0 Å². The first-order valence-electron chi connectivity index (χ1n) is 9.16. The van der Waals surface area contributed by atoms with Crippen molar-refractivity contribution in [1.29, 1.82) is 0 Å². The van der Waals surface area contributed by atoms with Crippen LogP contribution >= 0.6 is 0 Å². The van der Waals surface area contributed by atoms with E-state index in [1.54, 1.807) is 16.6 Å². The molecule has 0 spiro atoms. The van der Waals surface area contributed by atoms with Crippen LogP contribution in [-0.4, -0.2) is 52.3 Å². The highest BCUT2D eigenvalue weighted by molar-refractivity contribution is 6.12. The zero-order chi connectivity index (χ0) is 20.4. The first-order chi connectivity index (χ1) is 13.3. The van der Waals surface area contributed by atoms with Gasteiger partial charge in [0.15, 0.2) is 12.2 Å². The molecule has 3 rings (SSSR count). The number of rotatable bonds is 5. The topological polar surface area (TPSA) is 113 Å². The van der Waals surface area contributed by atoms with E-state index in [1.807, 2.05) is 46.1 Å². The van der Waals surface area contributed by atoms with Crippen LogP contribution in [0.4, 0.5) is 11.4 Å². The van der Waals surface area contributed by atoms with E-state index in [2.05, 4.69) is 20.4 Å². The number of anilines is 1. The van der Waals surface area contributed by atoms with E-state index in [-0.39, 0.29) is 0 Å². The van der Waals surface area contributed by atoms with Gasteiger partial charge in [0.25, 0.3) is 0 Å². The zero-order valence-corrected chi connectivity index (χ0v) is 16.9. The number of fused-ring (bicyclic) bond motifs is 1. The molecule has 1 atom stereocenters. The van der Waals surface area contributed by atoms with Crippen molar-refractivity contribution in [3.05, 3.63) is 35.2 Å². The Morgan fingerprint density at radius 3 is 2.86 bits per heavy atom. The number of aliphatic imine (C=N–C) groups is 2. The van der Waals surface area contributed by atoms with Gasteiger partial charge in [0.1, 0.15) is 17.3 Å². The molecule has 0 amide bonds. The minimum Gasteiger partial charge on any atom is -0.493 e. The second-order valence-electron chi connectivity index (χ2n) is 6.84. The number of hydrogen-bond donors (Lipinski definition) is 3. The molecule has 9 nitrogen and oxygen atoms in total. The summed E-state index contributed by atoms with van der Waals surface area (Å²) in [5.74, 6) is 1.55. The molecule has 9 heteroatoms. The minimum atomic E-state index is -1.02. The maximum absolute atomic E-state index is 10.6. The van der Waals surface area contributed by atoms with Gasteiger partial charge in [0.2, 0.25) is 0 Å². The minimum absolute atomic E-state index is 0.386. The molecule has 1 aliphatic rings. The number of aromatic nitrogens is 2. The number of nitrogens with zero attached hydrogens (tertiary/aromatic N) is 5. The van der Waals surface area contributed by atoms with Crippen molar-refractivity contribution in [2.75, 3.05) is 26.0 Å². The molecule has 1 unspecified atom stereocenters. The average Bonchev–Trinajstić information content (AvgIpc) is 2.94. The van der Waals surface area contributed by atoms with Gasteiger partial charge in [-0.05, 0) is 31.5 Å². The van der Waals surface area contributed by atoms with Crippen molar-refractivity contribution in [2.24, 2.45) is 22.8 Å². The summed E-state index contributed by atoms with van der Waals surface area (Å²) in [7, 11) is 5.44. The maximum atomic E-state index is 10.6. The zero-order valence-electron chi connectivity index (χ0n) is 16.9. The van der Waals surface area contributed by atoms with E-state index in [0.717, 1.165) is 17.8 Å². The number of benzene rings is 1. The summed E-state index contributed by atoms with van der Waals surface area (Å²) in [6.07, 6.45) is -0.142. The molecule has 0 saturated carbocycles. The van der Waals surface area contributed by atoms with Crippen LogP contribution < -0.4 is 15.8 Å². The number of nitrogens with two attached hydrogens (primary N) is 1. The van der Waals surface area contributed by atoms with Crippen LogP contribution in [0.1, 0.15) is 36.5 Å². The first-order valence-corrected chi connectivity index (χ1v) is 9.16. The van der Waals surface area contributed by atoms with Crippen LogP contribution in [0.5, 0.6) is 5.75 Å². The van der Waals surface area contributed by atoms with Gasteiger partial charge in [-0.1, -0.05) is 6.92 Å². The molecular weight excluding hydrogens is 358 g/mol. The van der Waals surface area contributed by atoms with Crippen molar-refractivity contribution in [1.82, 2.24) is 14.7 Å². The molecular formula is C19H27N7O2. The fraction of sp³-hybridized carbons (Fsp3) is 0.421. The van der Waals surface area contributed by atoms with Gasteiger partial charge < -0.3 is 25.8 Å². The normalized spacial score (nSPS) is 16.3. The summed E-state index contributed by atoms with van der Waals surface area (Å²) in [6.45, 7) is 4.50. The van der Waals surface area contributed by atoms with Crippen LogP contribution in [0.15, 0.2) is 28.2 Å². The van der Waals surface area contributed by atoms with Crippen molar-refractivity contribution < 1.29 is 9.84 Å². The van der Waals surface area contributed by atoms with Gasteiger partial charge >= 0.3 is 0 Å². The third-order valence-electron chi connectivity index (χ3n) is 4.39. The second kappa shape index (κ2) is 7.89. The Hall–Kier alpha value is -3.07. The van der Waals surface area contributed by atoms with Crippen LogP contribution in [0.2, 0.25) is 0 Å². The van der Waals surface area contributed by atoms with E-state index in [4.69, 9.17) is 10.5 Å². The van der Waals surface area contributed by atoms with Gasteiger partial charge in [0.05, 0.1) is 29.2 Å². The van der Waals surface area contributed by atoms with Gasteiger partial charge in [0, 0.05) is 21.1 Å². The number of aliphatic hydroxyl groups is 1. The van der Waals surface area contributed by atoms with Gasteiger partial charge in [-0.25, -0.2) is 9.98 Å². The third-order valence-corrected chi connectivity index (χ3v) is 4.39. The number of ether oxygens (including phenoxy) is 1. The Balaban J connectivity index is 2.05. The lowest BCUT2D eigenvalue weighted by molar-refractivity contribution is 0.178. The number of nitrogens with one attached hydrogen (secondary N) is 1. The quantitative estimate of drug-likeness (QED) is 0.535. The van der Waals surface area contributed by atoms with Crippen molar-refractivity contribution in [3.8, 4) is 5.75 Å². The number of amidine groups is 1. The molecule has 1 aliphatic heterocycles. The van der Waals surface area contributed by atoms with Gasteiger partial charge in [-0.2, -0.15) is 5.10 Å². The van der Waals surface area contributed by atoms with Crippen molar-refractivity contribution in [2.45, 2.75) is 26.5 Å². The highest BCUT2D eigenvalue weighted by Gasteiger charge is 2.27. The van der Waals surface area contributed by atoms with Gasteiger partial charge in [-0.15, -0.1) is 0 Å². The second-order valence-corrected chi connectivity index (χ2v) is 6.84. The number of aliphatic hydroxyl groups excluding tert-OH is 1. The van der Waals surface area contributed by atoms with Crippen LogP contribution in [-0.2, 0) is 7.05 Å². The molecule has 0 saturated heterocycles. The Morgan fingerprint density at radius 2 is 2.18 bits per heavy atom. The first kappa shape index (κ1) is 19.7. The lowest BCUT2D eigenvalue weighted by Gasteiger charge is -2.22. The van der Waals surface area contributed by atoms with E-state index >= 15 is 0 Å². The predicted molar refractivity (Wildman–Crippen MR) is 110 cm³/mol. The highest BCUT2D eigenvalue weighted by atomic mass is 16.5. The Kier molecular flexibility index (Phi) is 5.55. The number of hydrogen-bond acceptors (Lipinski definition) is 6. The molecule has 2 aromatic rings. The molecule has 150 valence electrons. The number of guanidine groups is 1. The SMILES string of the molecule is CCCOc1ccc(N=C(N)N(C)C)cc1C1=NC(O)c2c(c(C)nn2C)N1. The molecule has 0 aliphatic carbocycles. The molecule has 2 heterocycles. The highest BCUT2D eigenvalue weighted by Crippen LogP contribution is 2.34. The predicted octanol–water partition coefficient (Wildman–Crippen LogP) is 1.89. The van der Waals surface area contributed by atoms with E-state index in [0.29, 0.717) is 41.1 Å². The molecule has 4 N–H and O–H groups in total. The molecule has 1 aromatic heterocycles. The van der Waals surface area contributed by atoms with E-state index in [1.165, 1.54) is 0 Å². The molecule has 1 aromatic carbocycles. The van der Waals surface area contributed by atoms with Crippen LogP contribution in [0.3, 0.4) is 0 Å². The van der Waals surface area contributed by atoms with Crippen LogP contribution in [0.25, 0.3) is 0 Å². The monoisotopic (exact) mass is 385 g/mol. The summed E-state index contributed by atoms with van der Waals surface area (Å²) in [6, 6.07) is 5.52. The Morgan fingerprint density at radius 1 is 1.43 bits per heavy atom.